The van der Waals surface area contributed by atoms with Crippen LogP contribution in [0.4, 0.5) is 0 Å². The fraction of sp³-hybridized carbons (Fsp3) is 0.400. The van der Waals surface area contributed by atoms with E-state index in [4.69, 9.17) is 4.74 Å². The molecule has 0 unspecified atom stereocenters. The Morgan fingerprint density at radius 1 is 1.22 bits per heavy atom. The SMILES string of the molecule is CCN(CC)CCOC(=O)/C=C/c1ccccc1. The fourth-order valence-electron chi connectivity index (χ4n) is 1.59. The zero-order valence-electron chi connectivity index (χ0n) is 11.1. The van der Waals surface area contributed by atoms with Gasteiger partial charge >= 0.3 is 5.97 Å². The van der Waals surface area contributed by atoms with E-state index in [9.17, 15) is 4.79 Å². The maximum absolute atomic E-state index is 11.4. The summed E-state index contributed by atoms with van der Waals surface area (Å²) in [6, 6.07) is 9.70. The van der Waals surface area contributed by atoms with Crippen LogP contribution in [0.2, 0.25) is 0 Å². The summed E-state index contributed by atoms with van der Waals surface area (Å²) in [7, 11) is 0. The highest BCUT2D eigenvalue weighted by Crippen LogP contribution is 2.01. The van der Waals surface area contributed by atoms with Crippen LogP contribution in [0.25, 0.3) is 6.08 Å². The molecule has 0 N–H and O–H groups in total. The van der Waals surface area contributed by atoms with Crippen LogP contribution in [0.5, 0.6) is 0 Å². The summed E-state index contributed by atoms with van der Waals surface area (Å²) in [6.07, 6.45) is 3.23. The molecule has 0 fully saturated rings. The highest BCUT2D eigenvalue weighted by atomic mass is 16.5. The number of hydrogen-bond acceptors (Lipinski definition) is 3. The molecule has 3 nitrogen and oxygen atoms in total. The number of esters is 1. The maximum Gasteiger partial charge on any atom is 0.330 e. The first-order valence-corrected chi connectivity index (χ1v) is 6.38. The van der Waals surface area contributed by atoms with E-state index in [1.54, 1.807) is 6.08 Å². The first-order valence-electron chi connectivity index (χ1n) is 6.38. The lowest BCUT2D eigenvalue weighted by molar-refractivity contribution is -0.138. The molecule has 0 saturated carbocycles. The van der Waals surface area contributed by atoms with Crippen molar-refractivity contribution in [1.82, 2.24) is 4.90 Å². The van der Waals surface area contributed by atoms with E-state index >= 15 is 0 Å². The van der Waals surface area contributed by atoms with Gasteiger partial charge < -0.3 is 9.64 Å². The molecule has 0 saturated heterocycles. The maximum atomic E-state index is 11.4. The summed E-state index contributed by atoms with van der Waals surface area (Å²) in [6.45, 7) is 7.39. The smallest absolute Gasteiger partial charge is 0.330 e. The molecule has 1 aromatic rings. The third-order valence-electron chi connectivity index (χ3n) is 2.76. The van der Waals surface area contributed by atoms with Crippen LogP contribution in [0.15, 0.2) is 36.4 Å². The Balaban J connectivity index is 2.28. The van der Waals surface area contributed by atoms with Crippen LogP contribution in [-0.4, -0.2) is 37.1 Å². The fourth-order valence-corrected chi connectivity index (χ4v) is 1.59. The van der Waals surface area contributed by atoms with E-state index in [-0.39, 0.29) is 5.97 Å². The number of likely N-dealkylation sites (N-methyl/N-ethyl adjacent to an activating group) is 1. The summed E-state index contributed by atoms with van der Waals surface area (Å²) in [5.41, 5.74) is 0.998. The molecule has 0 bridgehead atoms. The standard InChI is InChI=1S/C15H21NO2/c1-3-16(4-2)12-13-18-15(17)11-10-14-8-6-5-7-9-14/h5-11H,3-4,12-13H2,1-2H3/b11-10+. The Morgan fingerprint density at radius 3 is 2.50 bits per heavy atom. The Kier molecular flexibility index (Phi) is 6.81. The number of benzene rings is 1. The molecule has 0 heterocycles. The average molecular weight is 247 g/mol. The molecule has 98 valence electrons. The summed E-state index contributed by atoms with van der Waals surface area (Å²) in [5, 5.41) is 0. The Labute approximate surface area is 109 Å². The van der Waals surface area contributed by atoms with E-state index in [2.05, 4.69) is 18.7 Å². The Morgan fingerprint density at radius 2 is 1.89 bits per heavy atom. The van der Waals surface area contributed by atoms with Crippen LogP contribution in [0.3, 0.4) is 0 Å². The highest BCUT2D eigenvalue weighted by Gasteiger charge is 2.01. The van der Waals surface area contributed by atoms with E-state index in [0.29, 0.717) is 6.61 Å². The van der Waals surface area contributed by atoms with Gasteiger partial charge in [-0.2, -0.15) is 0 Å². The molecule has 18 heavy (non-hydrogen) atoms. The van der Waals surface area contributed by atoms with Gasteiger partial charge in [-0.1, -0.05) is 44.2 Å². The first kappa shape index (κ1) is 14.5. The lowest BCUT2D eigenvalue weighted by Crippen LogP contribution is -2.27. The summed E-state index contributed by atoms with van der Waals surface area (Å²) in [4.78, 5) is 13.7. The van der Waals surface area contributed by atoms with Gasteiger partial charge in [-0.3, -0.25) is 0 Å². The Hall–Kier alpha value is -1.61. The van der Waals surface area contributed by atoms with Crippen molar-refractivity contribution in [2.75, 3.05) is 26.2 Å². The van der Waals surface area contributed by atoms with Gasteiger partial charge in [0, 0.05) is 12.6 Å². The normalized spacial score (nSPS) is 11.1. The lowest BCUT2D eigenvalue weighted by Gasteiger charge is -2.16. The third-order valence-corrected chi connectivity index (χ3v) is 2.76. The lowest BCUT2D eigenvalue weighted by atomic mass is 10.2. The van der Waals surface area contributed by atoms with Gasteiger partial charge in [-0.25, -0.2) is 4.79 Å². The molecule has 0 aliphatic rings. The zero-order valence-corrected chi connectivity index (χ0v) is 11.1. The molecular formula is C15H21NO2. The number of hydrogen-bond donors (Lipinski definition) is 0. The number of nitrogens with zero attached hydrogens (tertiary/aromatic N) is 1. The number of ether oxygens (including phenoxy) is 1. The Bertz CT molecular complexity index is 369. The van der Waals surface area contributed by atoms with E-state index < -0.39 is 0 Å². The van der Waals surface area contributed by atoms with Crippen molar-refractivity contribution in [3.63, 3.8) is 0 Å². The van der Waals surface area contributed by atoms with Gasteiger partial charge in [-0.15, -0.1) is 0 Å². The van der Waals surface area contributed by atoms with Crippen LogP contribution in [0, 0.1) is 0 Å². The van der Waals surface area contributed by atoms with Gasteiger partial charge in [0.2, 0.25) is 0 Å². The second kappa shape index (κ2) is 8.48. The van der Waals surface area contributed by atoms with Gasteiger partial charge in [0.1, 0.15) is 6.61 Å². The van der Waals surface area contributed by atoms with Crippen molar-refractivity contribution in [1.29, 1.82) is 0 Å². The highest BCUT2D eigenvalue weighted by molar-refractivity contribution is 5.86. The topological polar surface area (TPSA) is 29.5 Å². The predicted octanol–water partition coefficient (Wildman–Crippen LogP) is 2.58. The van der Waals surface area contributed by atoms with Gasteiger partial charge in [0.25, 0.3) is 0 Å². The minimum Gasteiger partial charge on any atom is -0.461 e. The second-order valence-corrected chi connectivity index (χ2v) is 3.94. The summed E-state index contributed by atoms with van der Waals surface area (Å²) in [5.74, 6) is -0.286. The first-order chi connectivity index (χ1) is 8.76. The molecule has 0 aliphatic heterocycles. The van der Waals surface area contributed by atoms with E-state index in [1.807, 2.05) is 30.3 Å². The second-order valence-electron chi connectivity index (χ2n) is 3.94. The molecule has 0 radical (unpaired) electrons. The molecule has 1 aromatic carbocycles. The summed E-state index contributed by atoms with van der Waals surface area (Å²) >= 11 is 0. The molecule has 0 amide bonds. The van der Waals surface area contributed by atoms with Gasteiger partial charge in [0.05, 0.1) is 0 Å². The molecule has 1 rings (SSSR count). The predicted molar refractivity (Wildman–Crippen MR) is 74.2 cm³/mol. The average Bonchev–Trinajstić information content (AvgIpc) is 2.42. The van der Waals surface area contributed by atoms with Crippen molar-refractivity contribution < 1.29 is 9.53 Å². The molecule has 0 aromatic heterocycles. The zero-order chi connectivity index (χ0) is 13.2. The van der Waals surface area contributed by atoms with Crippen molar-refractivity contribution in [3.05, 3.63) is 42.0 Å². The van der Waals surface area contributed by atoms with Crippen LogP contribution < -0.4 is 0 Å². The minimum absolute atomic E-state index is 0.286. The minimum atomic E-state index is -0.286. The number of carbonyl (C=O) groups is 1. The van der Waals surface area contributed by atoms with E-state index in [0.717, 1.165) is 25.2 Å². The van der Waals surface area contributed by atoms with Gasteiger partial charge in [-0.05, 0) is 24.7 Å². The molecule has 0 atom stereocenters. The molecule has 3 heteroatoms. The van der Waals surface area contributed by atoms with Crippen LogP contribution in [0.1, 0.15) is 19.4 Å². The number of carbonyl (C=O) groups excluding carboxylic acids is 1. The quantitative estimate of drug-likeness (QED) is 0.548. The monoisotopic (exact) mass is 247 g/mol. The largest absolute Gasteiger partial charge is 0.461 e. The van der Waals surface area contributed by atoms with Crippen LogP contribution >= 0.6 is 0 Å². The van der Waals surface area contributed by atoms with Crippen molar-refractivity contribution in [2.24, 2.45) is 0 Å². The third kappa shape index (κ3) is 5.64. The summed E-state index contributed by atoms with van der Waals surface area (Å²) < 4.78 is 5.13. The van der Waals surface area contributed by atoms with Crippen molar-refractivity contribution in [2.45, 2.75) is 13.8 Å². The number of rotatable bonds is 7. The molecule has 0 spiro atoms. The molecular weight excluding hydrogens is 226 g/mol. The van der Waals surface area contributed by atoms with Crippen molar-refractivity contribution in [3.8, 4) is 0 Å². The molecule has 0 aliphatic carbocycles. The van der Waals surface area contributed by atoms with Gasteiger partial charge in [0.15, 0.2) is 0 Å². The van der Waals surface area contributed by atoms with Crippen LogP contribution in [-0.2, 0) is 9.53 Å². The van der Waals surface area contributed by atoms with E-state index in [1.165, 1.54) is 6.08 Å². The van der Waals surface area contributed by atoms with Crippen molar-refractivity contribution >= 4 is 12.0 Å².